The fourth-order valence-electron chi connectivity index (χ4n) is 3.12. The van der Waals surface area contributed by atoms with Gasteiger partial charge in [-0.1, -0.05) is 24.3 Å². The zero-order chi connectivity index (χ0) is 18.0. The Bertz CT molecular complexity index is 910. The molecule has 25 heavy (non-hydrogen) atoms. The molecule has 2 aromatic rings. The van der Waals surface area contributed by atoms with E-state index in [2.05, 4.69) is 5.32 Å². The van der Waals surface area contributed by atoms with Gasteiger partial charge >= 0.3 is 0 Å². The number of aryl methyl sites for hydroxylation is 1. The number of nitrogens with two attached hydrogens (primary N) is 1. The third-order valence-corrected chi connectivity index (χ3v) is 6.31. The van der Waals surface area contributed by atoms with Crippen LogP contribution >= 0.6 is 0 Å². The Hall–Kier alpha value is -2.38. The molecule has 0 aromatic heterocycles. The first-order valence-corrected chi connectivity index (χ1v) is 9.58. The molecule has 1 amide bonds. The highest BCUT2D eigenvalue weighted by Crippen LogP contribution is 2.33. The third-order valence-electron chi connectivity index (χ3n) is 4.41. The fraction of sp³-hybridized carbons (Fsp3) is 0.278. The molecule has 0 aliphatic carbocycles. The second kappa shape index (κ2) is 6.85. The molecule has 3 N–H and O–H groups in total. The van der Waals surface area contributed by atoms with Crippen LogP contribution in [0, 0.1) is 0 Å². The number of hydrogen-bond donors (Lipinski definition) is 2. The van der Waals surface area contributed by atoms with Gasteiger partial charge in [0.15, 0.2) is 0 Å². The lowest BCUT2D eigenvalue weighted by Crippen LogP contribution is -2.36. The zero-order valence-electron chi connectivity index (χ0n) is 14.0. The molecule has 0 saturated heterocycles. The predicted octanol–water partition coefficient (Wildman–Crippen LogP) is 1.65. The summed E-state index contributed by atoms with van der Waals surface area (Å²) < 4.78 is 28.1. The summed E-state index contributed by atoms with van der Waals surface area (Å²) in [4.78, 5) is 12.0. The topological polar surface area (TPSA) is 92.5 Å². The summed E-state index contributed by atoms with van der Waals surface area (Å²) in [5.74, 6) is -0.334. The number of sulfonamides is 1. The van der Waals surface area contributed by atoms with Gasteiger partial charge in [-0.3, -0.25) is 9.10 Å². The SMILES string of the molecule is CNC(=O)c1ccc(CN)c(S(=O)(=O)N2CCCc3ccccc32)c1. The van der Waals surface area contributed by atoms with Gasteiger partial charge in [-0.05, 0) is 42.2 Å². The highest BCUT2D eigenvalue weighted by atomic mass is 32.2. The van der Waals surface area contributed by atoms with Gasteiger partial charge in [0, 0.05) is 25.7 Å². The Morgan fingerprint density at radius 1 is 1.24 bits per heavy atom. The van der Waals surface area contributed by atoms with Crippen molar-refractivity contribution < 1.29 is 13.2 Å². The third kappa shape index (κ3) is 3.12. The molecule has 0 bridgehead atoms. The number of benzene rings is 2. The number of rotatable bonds is 4. The molecule has 0 unspecified atom stereocenters. The van der Waals surface area contributed by atoms with Gasteiger partial charge in [0.2, 0.25) is 0 Å². The molecular formula is C18H21N3O3S. The van der Waals surface area contributed by atoms with Gasteiger partial charge in [0.05, 0.1) is 10.6 Å². The minimum absolute atomic E-state index is 0.0814. The maximum atomic E-state index is 13.3. The number of nitrogens with zero attached hydrogens (tertiary/aromatic N) is 1. The summed E-state index contributed by atoms with van der Waals surface area (Å²) >= 11 is 0. The molecular weight excluding hydrogens is 338 g/mol. The maximum Gasteiger partial charge on any atom is 0.264 e. The fourth-order valence-corrected chi connectivity index (χ4v) is 4.92. The molecule has 7 heteroatoms. The van der Waals surface area contributed by atoms with Crippen LogP contribution < -0.4 is 15.4 Å². The lowest BCUT2D eigenvalue weighted by atomic mass is 10.0. The van der Waals surface area contributed by atoms with Gasteiger partial charge in [0.25, 0.3) is 15.9 Å². The van der Waals surface area contributed by atoms with E-state index in [1.54, 1.807) is 12.1 Å². The minimum Gasteiger partial charge on any atom is -0.355 e. The number of para-hydroxylation sites is 1. The number of amides is 1. The van der Waals surface area contributed by atoms with Crippen LogP contribution in [0.25, 0.3) is 0 Å². The van der Waals surface area contributed by atoms with Crippen molar-refractivity contribution in [2.45, 2.75) is 24.3 Å². The summed E-state index contributed by atoms with van der Waals surface area (Å²) in [6.45, 7) is 0.492. The summed E-state index contributed by atoms with van der Waals surface area (Å²) in [7, 11) is -2.30. The van der Waals surface area contributed by atoms with E-state index in [0.717, 1.165) is 18.4 Å². The highest BCUT2D eigenvalue weighted by Gasteiger charge is 2.31. The molecule has 0 fully saturated rings. The predicted molar refractivity (Wildman–Crippen MR) is 97.0 cm³/mol. The van der Waals surface area contributed by atoms with Crippen molar-refractivity contribution in [1.29, 1.82) is 0 Å². The number of carbonyl (C=O) groups is 1. The standard InChI is InChI=1S/C18H21N3O3S/c1-20-18(22)14-8-9-15(12-19)17(11-14)25(23,24)21-10-4-6-13-5-2-3-7-16(13)21/h2-3,5,7-9,11H,4,6,10,12,19H2,1H3,(H,20,22). The van der Waals surface area contributed by atoms with Crippen LogP contribution in [-0.2, 0) is 23.0 Å². The van der Waals surface area contributed by atoms with E-state index in [-0.39, 0.29) is 17.3 Å². The molecule has 0 saturated carbocycles. The first-order valence-electron chi connectivity index (χ1n) is 8.14. The van der Waals surface area contributed by atoms with E-state index in [9.17, 15) is 13.2 Å². The van der Waals surface area contributed by atoms with Crippen LogP contribution in [0.2, 0.25) is 0 Å². The lowest BCUT2D eigenvalue weighted by Gasteiger charge is -2.31. The Labute approximate surface area is 147 Å². The summed E-state index contributed by atoms with van der Waals surface area (Å²) in [5.41, 5.74) is 8.24. The number of fused-ring (bicyclic) bond motifs is 1. The van der Waals surface area contributed by atoms with E-state index >= 15 is 0 Å². The summed E-state index contributed by atoms with van der Waals surface area (Å²) in [5, 5.41) is 2.51. The van der Waals surface area contributed by atoms with Crippen LogP contribution in [0.4, 0.5) is 5.69 Å². The van der Waals surface area contributed by atoms with Gasteiger partial charge in [-0.2, -0.15) is 0 Å². The van der Waals surface area contributed by atoms with Gasteiger partial charge < -0.3 is 11.1 Å². The van der Waals surface area contributed by atoms with Gasteiger partial charge in [0.1, 0.15) is 0 Å². The second-order valence-electron chi connectivity index (χ2n) is 5.92. The molecule has 0 spiro atoms. The Balaban J connectivity index is 2.14. The Morgan fingerprint density at radius 3 is 2.72 bits per heavy atom. The molecule has 3 rings (SSSR count). The average Bonchev–Trinajstić information content (AvgIpc) is 2.66. The largest absolute Gasteiger partial charge is 0.355 e. The molecule has 1 heterocycles. The Kier molecular flexibility index (Phi) is 4.78. The van der Waals surface area contributed by atoms with Crippen LogP contribution in [-0.4, -0.2) is 27.9 Å². The molecule has 132 valence electrons. The van der Waals surface area contributed by atoms with E-state index < -0.39 is 10.0 Å². The first kappa shape index (κ1) is 17.4. The van der Waals surface area contributed by atoms with Gasteiger partial charge in [-0.25, -0.2) is 8.42 Å². The normalized spacial score (nSPS) is 14.1. The molecule has 1 aliphatic rings. The molecule has 2 aromatic carbocycles. The van der Waals surface area contributed by atoms with Crippen LogP contribution in [0.5, 0.6) is 0 Å². The molecule has 1 aliphatic heterocycles. The van der Waals surface area contributed by atoms with Crippen molar-refractivity contribution in [2.75, 3.05) is 17.9 Å². The smallest absolute Gasteiger partial charge is 0.264 e. The van der Waals surface area contributed by atoms with Crippen molar-refractivity contribution in [3.63, 3.8) is 0 Å². The second-order valence-corrected chi connectivity index (χ2v) is 7.75. The quantitative estimate of drug-likeness (QED) is 0.868. The highest BCUT2D eigenvalue weighted by molar-refractivity contribution is 7.92. The summed E-state index contributed by atoms with van der Waals surface area (Å²) in [6, 6.07) is 12.1. The minimum atomic E-state index is -3.81. The number of carbonyl (C=O) groups excluding carboxylic acids is 1. The van der Waals surface area contributed by atoms with Crippen molar-refractivity contribution in [1.82, 2.24) is 5.32 Å². The van der Waals surface area contributed by atoms with Crippen molar-refractivity contribution in [3.8, 4) is 0 Å². The number of anilines is 1. The van der Waals surface area contributed by atoms with Crippen molar-refractivity contribution in [2.24, 2.45) is 5.73 Å². The zero-order valence-corrected chi connectivity index (χ0v) is 14.8. The molecule has 6 nitrogen and oxygen atoms in total. The average molecular weight is 359 g/mol. The van der Waals surface area contributed by atoms with E-state index in [1.165, 1.54) is 17.4 Å². The first-order chi connectivity index (χ1) is 12.0. The van der Waals surface area contributed by atoms with E-state index in [0.29, 0.717) is 23.4 Å². The number of nitrogens with one attached hydrogen (secondary N) is 1. The van der Waals surface area contributed by atoms with Crippen LogP contribution in [0.15, 0.2) is 47.4 Å². The molecule has 0 atom stereocenters. The Morgan fingerprint density at radius 2 is 2.00 bits per heavy atom. The van der Waals surface area contributed by atoms with Gasteiger partial charge in [-0.15, -0.1) is 0 Å². The number of hydrogen-bond acceptors (Lipinski definition) is 4. The molecule has 0 radical (unpaired) electrons. The van der Waals surface area contributed by atoms with Crippen molar-refractivity contribution >= 4 is 21.6 Å². The van der Waals surface area contributed by atoms with E-state index in [1.807, 2.05) is 24.3 Å². The van der Waals surface area contributed by atoms with Crippen LogP contribution in [0.1, 0.15) is 27.9 Å². The van der Waals surface area contributed by atoms with Crippen molar-refractivity contribution in [3.05, 3.63) is 59.2 Å². The van der Waals surface area contributed by atoms with Crippen LogP contribution in [0.3, 0.4) is 0 Å². The van der Waals surface area contributed by atoms with E-state index in [4.69, 9.17) is 5.73 Å². The summed E-state index contributed by atoms with van der Waals surface area (Å²) in [6.07, 6.45) is 1.60. The monoisotopic (exact) mass is 359 g/mol. The lowest BCUT2D eigenvalue weighted by molar-refractivity contribution is 0.0963. The maximum absolute atomic E-state index is 13.3.